The van der Waals surface area contributed by atoms with Gasteiger partial charge in [-0.05, 0) is 12.1 Å². The number of nitrogens with zero attached hydrogens (tertiary/aromatic N) is 3. The fourth-order valence-electron chi connectivity index (χ4n) is 1.39. The molecule has 0 radical (unpaired) electrons. The molecule has 2 aromatic rings. The molecule has 92 valence electrons. The number of nitriles is 1. The third kappa shape index (κ3) is 2.48. The molecule has 0 aliphatic heterocycles. The lowest BCUT2D eigenvalue weighted by atomic mass is 10.1. The van der Waals surface area contributed by atoms with Crippen molar-refractivity contribution in [3.63, 3.8) is 0 Å². The molecule has 7 heteroatoms. The monoisotopic (exact) mass is 252 g/mol. The number of rotatable bonds is 2. The van der Waals surface area contributed by atoms with Gasteiger partial charge in [0.05, 0.1) is 18.1 Å². The van der Waals surface area contributed by atoms with Crippen LogP contribution in [-0.4, -0.2) is 15.2 Å². The van der Waals surface area contributed by atoms with E-state index >= 15 is 0 Å². The molecule has 0 saturated carbocycles. The number of benzene rings is 1. The minimum Gasteiger partial charge on any atom is -0.262 e. The van der Waals surface area contributed by atoms with Crippen molar-refractivity contribution in [2.45, 2.75) is 12.6 Å². The average molecular weight is 252 g/mol. The summed E-state index contributed by atoms with van der Waals surface area (Å²) < 4.78 is 37.1. The van der Waals surface area contributed by atoms with Crippen molar-refractivity contribution in [1.82, 2.24) is 15.2 Å². The molecule has 1 heterocycles. The van der Waals surface area contributed by atoms with Crippen LogP contribution in [0.4, 0.5) is 13.2 Å². The van der Waals surface area contributed by atoms with Crippen LogP contribution in [-0.2, 0) is 12.6 Å². The highest BCUT2D eigenvalue weighted by molar-refractivity contribution is 5.55. The van der Waals surface area contributed by atoms with E-state index < -0.39 is 11.7 Å². The smallest absolute Gasteiger partial charge is 0.262 e. The van der Waals surface area contributed by atoms with E-state index in [2.05, 4.69) is 15.2 Å². The summed E-state index contributed by atoms with van der Waals surface area (Å²) in [7, 11) is 0. The minimum absolute atomic E-state index is 0.0770. The molecular weight excluding hydrogens is 245 g/mol. The van der Waals surface area contributed by atoms with E-state index in [0.717, 1.165) is 12.1 Å². The van der Waals surface area contributed by atoms with Crippen molar-refractivity contribution >= 4 is 0 Å². The molecule has 1 aromatic carbocycles. The predicted molar refractivity (Wildman–Crippen MR) is 56.1 cm³/mol. The van der Waals surface area contributed by atoms with Crippen molar-refractivity contribution in [2.75, 3.05) is 0 Å². The van der Waals surface area contributed by atoms with Crippen LogP contribution in [0.15, 0.2) is 24.3 Å². The second kappa shape index (κ2) is 4.49. The molecule has 0 unspecified atom stereocenters. The van der Waals surface area contributed by atoms with Gasteiger partial charge in [-0.25, -0.2) is 4.98 Å². The Bertz CT molecular complexity index is 578. The van der Waals surface area contributed by atoms with Gasteiger partial charge in [0, 0.05) is 5.56 Å². The molecular formula is C11H7F3N4. The Kier molecular flexibility index (Phi) is 3.02. The first-order chi connectivity index (χ1) is 8.50. The average Bonchev–Trinajstić information content (AvgIpc) is 2.77. The van der Waals surface area contributed by atoms with Gasteiger partial charge in [0.15, 0.2) is 5.82 Å². The second-order valence-electron chi connectivity index (χ2n) is 3.52. The molecule has 0 saturated heterocycles. The normalized spacial score (nSPS) is 11.2. The molecule has 1 aromatic heterocycles. The number of H-pyrrole nitrogens is 1. The highest BCUT2D eigenvalue weighted by Crippen LogP contribution is 2.30. The zero-order valence-corrected chi connectivity index (χ0v) is 8.99. The Morgan fingerprint density at radius 1 is 1.22 bits per heavy atom. The lowest BCUT2D eigenvalue weighted by molar-refractivity contribution is -0.137. The Morgan fingerprint density at radius 2 is 1.89 bits per heavy atom. The van der Waals surface area contributed by atoms with Gasteiger partial charge in [0.1, 0.15) is 5.82 Å². The van der Waals surface area contributed by atoms with E-state index in [1.54, 1.807) is 0 Å². The number of nitrogens with one attached hydrogen (secondary N) is 1. The van der Waals surface area contributed by atoms with E-state index in [0.29, 0.717) is 11.4 Å². The molecule has 0 aliphatic carbocycles. The summed E-state index contributed by atoms with van der Waals surface area (Å²) in [6.07, 6.45) is -4.28. The van der Waals surface area contributed by atoms with Crippen LogP contribution in [0.2, 0.25) is 0 Å². The second-order valence-corrected chi connectivity index (χ2v) is 3.52. The van der Waals surface area contributed by atoms with Crippen molar-refractivity contribution in [1.29, 1.82) is 5.26 Å². The standard InChI is InChI=1S/C11H7F3N4/c12-11(13,14)8-3-1-7(2-4-8)10-16-9(5-6-15)17-18-10/h1-4H,5H2,(H,16,17,18). The lowest BCUT2D eigenvalue weighted by Crippen LogP contribution is -2.04. The first kappa shape index (κ1) is 12.1. The number of hydrogen-bond acceptors (Lipinski definition) is 3. The van der Waals surface area contributed by atoms with Gasteiger partial charge < -0.3 is 0 Å². The van der Waals surface area contributed by atoms with Crippen molar-refractivity contribution in [2.24, 2.45) is 0 Å². The maximum absolute atomic E-state index is 12.4. The molecule has 0 atom stereocenters. The summed E-state index contributed by atoms with van der Waals surface area (Å²) in [5, 5.41) is 14.8. The Balaban J connectivity index is 2.26. The SMILES string of the molecule is N#CCc1nc(-c2ccc(C(F)(F)F)cc2)n[nH]1. The molecule has 0 amide bonds. The molecule has 0 bridgehead atoms. The maximum atomic E-state index is 12.4. The first-order valence-electron chi connectivity index (χ1n) is 4.96. The number of halogens is 3. The number of hydrogen-bond donors (Lipinski definition) is 1. The number of aromatic nitrogens is 3. The van der Waals surface area contributed by atoms with Crippen LogP contribution in [0, 0.1) is 11.3 Å². The van der Waals surface area contributed by atoms with E-state index in [4.69, 9.17) is 5.26 Å². The topological polar surface area (TPSA) is 65.4 Å². The fraction of sp³-hybridized carbons (Fsp3) is 0.182. The zero-order chi connectivity index (χ0) is 13.2. The van der Waals surface area contributed by atoms with Gasteiger partial charge in [-0.3, -0.25) is 5.10 Å². The third-order valence-corrected chi connectivity index (χ3v) is 2.25. The van der Waals surface area contributed by atoms with E-state index in [9.17, 15) is 13.2 Å². The molecule has 0 spiro atoms. The Hall–Kier alpha value is -2.36. The molecule has 1 N–H and O–H groups in total. The number of aromatic amines is 1. The summed E-state index contributed by atoms with van der Waals surface area (Å²) in [6.45, 7) is 0. The quantitative estimate of drug-likeness (QED) is 0.893. The van der Waals surface area contributed by atoms with Gasteiger partial charge >= 0.3 is 6.18 Å². The highest BCUT2D eigenvalue weighted by Gasteiger charge is 2.30. The van der Waals surface area contributed by atoms with Gasteiger partial charge in [-0.15, -0.1) is 0 Å². The van der Waals surface area contributed by atoms with E-state index in [1.165, 1.54) is 12.1 Å². The summed E-state index contributed by atoms with van der Waals surface area (Å²) in [4.78, 5) is 3.99. The summed E-state index contributed by atoms with van der Waals surface area (Å²) in [6, 6.07) is 6.42. The van der Waals surface area contributed by atoms with Crippen LogP contribution in [0.3, 0.4) is 0 Å². The number of alkyl halides is 3. The molecule has 18 heavy (non-hydrogen) atoms. The minimum atomic E-state index is -4.36. The van der Waals surface area contributed by atoms with Crippen molar-refractivity contribution in [3.8, 4) is 17.5 Å². The predicted octanol–water partition coefficient (Wildman–Crippen LogP) is 2.56. The molecule has 4 nitrogen and oxygen atoms in total. The molecule has 0 aliphatic rings. The van der Waals surface area contributed by atoms with Gasteiger partial charge in [0.25, 0.3) is 0 Å². The van der Waals surface area contributed by atoms with Gasteiger partial charge in [-0.1, -0.05) is 12.1 Å². The van der Waals surface area contributed by atoms with E-state index in [-0.39, 0.29) is 12.2 Å². The first-order valence-corrected chi connectivity index (χ1v) is 4.96. The highest BCUT2D eigenvalue weighted by atomic mass is 19.4. The van der Waals surface area contributed by atoms with Crippen LogP contribution in [0.1, 0.15) is 11.4 Å². The summed E-state index contributed by atoms with van der Waals surface area (Å²) >= 11 is 0. The zero-order valence-electron chi connectivity index (χ0n) is 8.99. The Labute approximate surface area is 100 Å². The summed E-state index contributed by atoms with van der Waals surface area (Å²) in [5.41, 5.74) is -0.262. The van der Waals surface area contributed by atoms with Crippen LogP contribution < -0.4 is 0 Å². The van der Waals surface area contributed by atoms with Gasteiger partial charge in [-0.2, -0.15) is 23.5 Å². The fourth-order valence-corrected chi connectivity index (χ4v) is 1.39. The van der Waals surface area contributed by atoms with Crippen LogP contribution in [0.25, 0.3) is 11.4 Å². The van der Waals surface area contributed by atoms with E-state index in [1.807, 2.05) is 6.07 Å². The van der Waals surface area contributed by atoms with Crippen molar-refractivity contribution in [3.05, 3.63) is 35.7 Å². The van der Waals surface area contributed by atoms with Crippen LogP contribution >= 0.6 is 0 Å². The molecule has 2 rings (SSSR count). The lowest BCUT2D eigenvalue weighted by Gasteiger charge is -2.05. The summed E-state index contributed by atoms with van der Waals surface area (Å²) in [5.74, 6) is 0.654. The van der Waals surface area contributed by atoms with Crippen LogP contribution in [0.5, 0.6) is 0 Å². The molecule has 0 fully saturated rings. The van der Waals surface area contributed by atoms with Gasteiger partial charge in [0.2, 0.25) is 0 Å². The maximum Gasteiger partial charge on any atom is 0.416 e. The third-order valence-electron chi connectivity index (χ3n) is 2.25. The Morgan fingerprint density at radius 3 is 2.44 bits per heavy atom. The largest absolute Gasteiger partial charge is 0.416 e. The van der Waals surface area contributed by atoms with Crippen molar-refractivity contribution < 1.29 is 13.2 Å².